The highest BCUT2D eigenvalue weighted by atomic mass is 79.9. The Morgan fingerprint density at radius 3 is 1.10 bits per heavy atom. The maximum Gasteiger partial charge on any atom is 0.417 e. The summed E-state index contributed by atoms with van der Waals surface area (Å²) in [5, 5.41) is 60.7. The summed E-state index contributed by atoms with van der Waals surface area (Å²) in [4.78, 5) is 25.7. The van der Waals surface area contributed by atoms with Crippen molar-refractivity contribution in [1.82, 2.24) is 4.57 Å². The zero-order chi connectivity index (χ0) is 81.9. The molecule has 17 rings (SSSR count). The highest BCUT2D eigenvalue weighted by molar-refractivity contribution is 9.09. The van der Waals surface area contributed by atoms with Gasteiger partial charge in [0.25, 0.3) is 0 Å². The number of hydrogen-bond acceptors (Lipinski definition) is 9. The van der Waals surface area contributed by atoms with Crippen LogP contribution in [0.4, 0.5) is 39.5 Å². The molecule has 16 aliphatic carbocycles. The molecule has 6 N–H and O–H groups in total. The van der Waals surface area contributed by atoms with E-state index in [4.69, 9.17) is 9.84 Å². The fraction of sp³-hybridized carbons (Fsp3) is 0.872. The molecule has 0 spiro atoms. The van der Waals surface area contributed by atoms with Crippen LogP contribution in [0.1, 0.15) is 265 Å². The molecule has 10 nitrogen and oxygen atoms in total. The molecule has 32 atom stereocenters. The Morgan fingerprint density at radius 1 is 0.430 bits per heavy atom. The number of alkyl halides is 10. The van der Waals surface area contributed by atoms with Gasteiger partial charge in [-0.2, -0.15) is 39.5 Å². The molecule has 20 heteroatoms. The van der Waals surface area contributed by atoms with Gasteiger partial charge in [0.2, 0.25) is 0 Å². The minimum absolute atomic E-state index is 0.00245. The number of aromatic nitrogens is 1. The summed E-state index contributed by atoms with van der Waals surface area (Å²) in [6.45, 7) is 19.2. The van der Waals surface area contributed by atoms with Crippen molar-refractivity contribution in [2.24, 2.45) is 164 Å². The maximum atomic E-state index is 13.4. The van der Waals surface area contributed by atoms with Crippen molar-refractivity contribution in [1.29, 1.82) is 0 Å². The van der Waals surface area contributed by atoms with E-state index in [0.29, 0.717) is 156 Å². The average molecular weight is 1680 g/mol. The summed E-state index contributed by atoms with van der Waals surface area (Å²) in [5.74, 6) is 17.8. The lowest BCUT2D eigenvalue weighted by Crippen LogP contribution is -2.55. The molecule has 1 aromatic heterocycles. The first kappa shape index (κ1) is 87.6. The number of aliphatic hydroxyl groups excluding tert-OH is 2. The summed E-state index contributed by atoms with van der Waals surface area (Å²) in [5.41, 5.74) is -5.39. The molecule has 1 aromatic rings. The number of ether oxygens (including phenoxy) is 1. The fourth-order valence-electron chi connectivity index (χ4n) is 32.3. The second-order valence-corrected chi connectivity index (χ2v) is 42.7. The molecule has 1 heterocycles. The Kier molecular flexibility index (Phi) is 25.5. The van der Waals surface area contributed by atoms with E-state index in [1.165, 1.54) is 50.5 Å². The Hall–Kier alpha value is -2.77. The highest BCUT2D eigenvalue weighted by Crippen LogP contribution is 2.71. The lowest BCUT2D eigenvalue weighted by Gasteiger charge is -2.57. The van der Waals surface area contributed by atoms with E-state index >= 15 is 0 Å². The number of fused-ring (bicyclic) bond motifs is 20. The molecule has 0 aromatic carbocycles. The van der Waals surface area contributed by atoms with Crippen molar-refractivity contribution in [3.63, 3.8) is 0 Å². The number of rotatable bonds is 11. The predicted molar refractivity (Wildman–Crippen MR) is 425 cm³/mol. The Labute approximate surface area is 682 Å². The Bertz CT molecular complexity index is 3530. The van der Waals surface area contributed by atoms with Gasteiger partial charge >= 0.3 is 18.5 Å². The molecule has 0 bridgehead atoms. The van der Waals surface area contributed by atoms with Gasteiger partial charge in [0, 0.05) is 37.8 Å². The third-order valence-electron chi connectivity index (χ3n) is 37.6. The molecule has 16 fully saturated rings. The van der Waals surface area contributed by atoms with Crippen LogP contribution >= 0.6 is 15.9 Å². The number of methoxy groups -OCH3 is 1. The third-order valence-corrected chi connectivity index (χ3v) is 38.2. The summed E-state index contributed by atoms with van der Waals surface area (Å²) in [6.07, 6.45) is 20.3. The molecule has 0 aliphatic heterocycles. The second kappa shape index (κ2) is 33.1. The smallest absolute Gasteiger partial charge is 0.395 e. The molecular weight excluding hydrogens is 1540 g/mol. The summed E-state index contributed by atoms with van der Waals surface area (Å²) >= 11 is 3.34. The summed E-state index contributed by atoms with van der Waals surface area (Å²) < 4.78 is 127. The first-order chi connectivity index (χ1) is 53.7. The maximum absolute atomic E-state index is 13.4. The van der Waals surface area contributed by atoms with Crippen molar-refractivity contribution in [2.45, 2.75) is 313 Å². The molecule has 0 saturated heterocycles. The zero-order valence-electron chi connectivity index (χ0n) is 68.9. The first-order valence-corrected chi connectivity index (χ1v) is 46.3. The van der Waals surface area contributed by atoms with Crippen LogP contribution in [0.25, 0.3) is 0 Å². The third kappa shape index (κ3) is 15.8. The number of hydrogen-bond donors (Lipinski definition) is 6. The molecule has 0 amide bonds. The number of aliphatic hydroxyl groups is 6. The minimum atomic E-state index is -4.52. The normalized spacial score (nSPS) is 47.6. The van der Waals surface area contributed by atoms with Crippen LogP contribution in [0, 0.1) is 176 Å². The van der Waals surface area contributed by atoms with Crippen LogP contribution in [0.15, 0.2) is 48.8 Å². The van der Waals surface area contributed by atoms with Gasteiger partial charge in [-0.3, -0.25) is 9.59 Å². The van der Waals surface area contributed by atoms with Gasteiger partial charge < -0.3 is 39.9 Å². The second-order valence-electron chi connectivity index (χ2n) is 42.1. The molecule has 642 valence electrons. The number of ketones is 2. The van der Waals surface area contributed by atoms with Crippen LogP contribution in [0.3, 0.4) is 0 Å². The van der Waals surface area contributed by atoms with E-state index in [-0.39, 0.29) is 103 Å². The van der Waals surface area contributed by atoms with Crippen molar-refractivity contribution >= 4 is 27.5 Å². The minimum Gasteiger partial charge on any atom is -0.395 e. The molecule has 0 radical (unpaired) electrons. The monoisotopic (exact) mass is 1670 g/mol. The van der Waals surface area contributed by atoms with E-state index in [1.54, 1.807) is 7.11 Å². The Balaban J connectivity index is 0.000000126. The van der Waals surface area contributed by atoms with Gasteiger partial charge in [0.05, 0.1) is 31.7 Å². The molecule has 16 saturated carbocycles. The number of halogens is 10. The summed E-state index contributed by atoms with van der Waals surface area (Å²) in [7, 11) is 1.73. The van der Waals surface area contributed by atoms with Crippen molar-refractivity contribution in [3.8, 4) is 11.8 Å². The molecular formula is C94H137BrF9NO9. The largest absolute Gasteiger partial charge is 0.417 e. The van der Waals surface area contributed by atoms with Crippen LogP contribution in [0.5, 0.6) is 0 Å². The van der Waals surface area contributed by atoms with Crippen molar-refractivity contribution < 1.29 is 84.5 Å². The van der Waals surface area contributed by atoms with E-state index in [0.717, 1.165) is 146 Å². The van der Waals surface area contributed by atoms with Gasteiger partial charge in [-0.25, -0.2) is 0 Å². The van der Waals surface area contributed by atoms with Gasteiger partial charge in [-0.15, -0.1) is 0 Å². The van der Waals surface area contributed by atoms with E-state index in [9.17, 15) is 74.6 Å². The topological polar surface area (TPSA) is 170 Å². The lowest BCUT2D eigenvalue weighted by atomic mass is 9.48. The van der Waals surface area contributed by atoms with Gasteiger partial charge in [-0.1, -0.05) is 68.6 Å². The number of Topliss-reactive ketones (excluding diaryl/α,β-unsaturated/α-hetero) is 2. The SMILES string of the molecule is C=C(CO)[C@H]1CC[C@H]2[C@@H]3CC[C@@H]4C[C@@](O)(C(F)(F)F)CC[C@@H]4C3CC[C@]12C.C=C(COC)[C@H]1CC[C@H]2[C@@H]3CC[C@@H]4C[C@@](O)(C(F)(F)F)CC[C@@H]4C3CC[C@]12C.C[C@]12CCC3[C@H]4CC[C@](O)(C#CCCO)C[C@H]4CC[C@H]3[C@@H]1CC[C@@H]2C(=O)Cn1cccc1.C[C@]12CCC3[C@H]4CC[C@](O)(C(F)(F)F)C[C@H]4CC[C@H]3[C@@H]1CC[C@@H]2C(=O)CBr. The van der Waals surface area contributed by atoms with Crippen LogP contribution in [-0.4, -0.2) is 120 Å². The van der Waals surface area contributed by atoms with Crippen molar-refractivity contribution in [2.75, 3.05) is 32.3 Å². The van der Waals surface area contributed by atoms with Crippen LogP contribution in [-0.2, 0) is 20.9 Å². The van der Waals surface area contributed by atoms with E-state index in [1.807, 2.05) is 29.1 Å². The fourth-order valence-corrected chi connectivity index (χ4v) is 32.7. The molecule has 16 aliphatic rings. The standard InChI is InChI=1S/C28H39NO3.C23H35F3O2.C22H33F3O2.C21H30BrF3O2/c1-27-13-10-22-21-11-14-28(32,12-2-5-17-30)18-20(21)6-7-23(22)24(27)8-9-25(27)26(31)19-29-15-3-4-16-29;1-14(13-28-3)19-6-7-20-18-5-4-15-12-22(27,23(24,25)26)11-9-16(15)17(18)8-10-21(19,20)2;1-13(12-26)18-5-6-19-17-4-3-14-11-21(27,22(23,24)25)10-8-15(14)16(17)7-9-20(18,19)2;1-19-8-6-14-13-7-9-20(27,21(23,24)25)10-12(13)2-3-15(14)16(19)4-5-17(19)18(26)11-22/h3-4,15-16,20-25,30,32H,5-11,13-14,17-19H2,1H3;15-20,27H,1,4-13H2,2-3H3;14-19,26-27H,1,3-12H2,2H3;12-17,27H,2-11H2,1H3/t20-,21+,22?,23-,24+,25-,27+,28-;15-,16+,17?,18-,19-,20+,21-,22-;14-,15+,16?,17-,18-,19+,20-,21-;12-,13+,14?,15-,16+,17-,19+,20-/m1111/s1. The van der Waals surface area contributed by atoms with E-state index < -0.39 is 40.9 Å². The van der Waals surface area contributed by atoms with Gasteiger partial charge in [0.15, 0.2) is 22.6 Å². The number of carbonyl (C=O) groups is 2. The van der Waals surface area contributed by atoms with Gasteiger partial charge in [0.1, 0.15) is 11.4 Å². The molecule has 4 unspecified atom stereocenters. The lowest BCUT2D eigenvalue weighted by molar-refractivity contribution is -0.282. The number of carbonyl (C=O) groups excluding carboxylic acids is 2. The summed E-state index contributed by atoms with van der Waals surface area (Å²) in [6, 6.07) is 4.00. The average Bonchev–Trinajstić information content (AvgIpc) is 1.36. The van der Waals surface area contributed by atoms with Crippen molar-refractivity contribution in [3.05, 3.63) is 48.8 Å². The Morgan fingerprint density at radius 2 is 0.754 bits per heavy atom. The quantitative estimate of drug-likeness (QED) is 0.0546. The highest BCUT2D eigenvalue weighted by Gasteiger charge is 2.67. The first-order valence-electron chi connectivity index (χ1n) is 45.1. The van der Waals surface area contributed by atoms with E-state index in [2.05, 4.69) is 68.6 Å². The van der Waals surface area contributed by atoms with Crippen LogP contribution < -0.4 is 0 Å². The van der Waals surface area contributed by atoms with Gasteiger partial charge in [-0.05, 0) is 406 Å². The molecule has 114 heavy (non-hydrogen) atoms. The predicted octanol–water partition coefficient (Wildman–Crippen LogP) is 20.8. The van der Waals surface area contributed by atoms with Crippen LogP contribution in [0.2, 0.25) is 0 Å². The number of nitrogens with zero attached hydrogens (tertiary/aromatic N) is 1. The zero-order valence-corrected chi connectivity index (χ0v) is 70.5.